The zero-order valence-electron chi connectivity index (χ0n) is 18.9. The van der Waals surface area contributed by atoms with Crippen LogP contribution in [0, 0.1) is 0 Å². The molecule has 0 radical (unpaired) electrons. The molecule has 1 atom stereocenters. The van der Waals surface area contributed by atoms with Crippen molar-refractivity contribution in [2.45, 2.75) is 45.8 Å². The predicted octanol–water partition coefficient (Wildman–Crippen LogP) is 3.10. The number of hydrogen-bond donors (Lipinski definition) is 2. The molecule has 0 aliphatic carbocycles. The second-order valence-corrected chi connectivity index (χ2v) is 9.10. The van der Waals surface area contributed by atoms with Crippen molar-refractivity contribution in [3.63, 3.8) is 0 Å². The molecule has 31 heavy (non-hydrogen) atoms. The van der Waals surface area contributed by atoms with E-state index in [1.165, 1.54) is 16.0 Å². The molecule has 6 nitrogen and oxygen atoms in total. The highest BCUT2D eigenvalue weighted by Crippen LogP contribution is 2.23. The highest BCUT2D eigenvalue weighted by Gasteiger charge is 2.21. The van der Waals surface area contributed by atoms with Crippen LogP contribution in [0.25, 0.3) is 0 Å². The minimum atomic E-state index is 0.0880. The summed E-state index contributed by atoms with van der Waals surface area (Å²) < 4.78 is 0. The number of nitrogens with one attached hydrogen (secondary N) is 2. The van der Waals surface area contributed by atoms with Gasteiger partial charge >= 0.3 is 0 Å². The summed E-state index contributed by atoms with van der Waals surface area (Å²) in [6, 6.07) is 13.1. The Hall–Kier alpha value is -2.38. The van der Waals surface area contributed by atoms with Crippen LogP contribution in [0.15, 0.2) is 46.8 Å². The first kappa shape index (κ1) is 23.3. The lowest BCUT2D eigenvalue weighted by atomic mass is 10.1. The van der Waals surface area contributed by atoms with Gasteiger partial charge in [-0.3, -0.25) is 9.69 Å². The summed E-state index contributed by atoms with van der Waals surface area (Å²) in [5.41, 5.74) is 2.61. The molecule has 7 heteroatoms. The van der Waals surface area contributed by atoms with Crippen LogP contribution < -0.4 is 10.6 Å². The van der Waals surface area contributed by atoms with E-state index < -0.39 is 0 Å². The summed E-state index contributed by atoms with van der Waals surface area (Å²) >= 11 is 1.79. The number of aliphatic imine (C=N–C) groups is 1. The fourth-order valence-corrected chi connectivity index (χ4v) is 4.59. The summed E-state index contributed by atoms with van der Waals surface area (Å²) in [6.45, 7) is 8.48. The van der Waals surface area contributed by atoms with Gasteiger partial charge in [-0.05, 0) is 56.3 Å². The molecular formula is C24H35N5OS. The summed E-state index contributed by atoms with van der Waals surface area (Å²) in [4.78, 5) is 22.9. The molecule has 1 unspecified atom stereocenters. The number of hydrogen-bond acceptors (Lipinski definition) is 4. The van der Waals surface area contributed by atoms with Gasteiger partial charge in [0.25, 0.3) is 0 Å². The molecule has 3 rings (SSSR count). The lowest BCUT2D eigenvalue weighted by Gasteiger charge is -2.26. The van der Waals surface area contributed by atoms with Crippen LogP contribution in [0.4, 0.5) is 0 Å². The normalized spacial score (nSPS) is 15.0. The van der Waals surface area contributed by atoms with Crippen molar-refractivity contribution in [1.82, 2.24) is 20.4 Å². The van der Waals surface area contributed by atoms with Gasteiger partial charge in [0, 0.05) is 43.6 Å². The van der Waals surface area contributed by atoms with E-state index in [0.29, 0.717) is 18.5 Å². The van der Waals surface area contributed by atoms with E-state index in [4.69, 9.17) is 0 Å². The van der Waals surface area contributed by atoms with Crippen molar-refractivity contribution in [3.8, 4) is 0 Å². The number of amides is 1. The second kappa shape index (κ2) is 11.9. The molecule has 2 aromatic rings. The highest BCUT2D eigenvalue weighted by molar-refractivity contribution is 7.10. The lowest BCUT2D eigenvalue weighted by molar-refractivity contribution is -0.130. The number of fused-ring (bicyclic) bond motifs is 1. The minimum Gasteiger partial charge on any atom is -0.357 e. The molecule has 1 amide bonds. The van der Waals surface area contributed by atoms with E-state index in [1.54, 1.807) is 11.3 Å². The largest absolute Gasteiger partial charge is 0.357 e. The maximum Gasteiger partial charge on any atom is 0.244 e. The molecule has 0 bridgehead atoms. The molecular weight excluding hydrogens is 406 g/mol. The summed E-state index contributed by atoms with van der Waals surface area (Å²) in [5.74, 6) is 0.798. The molecule has 2 heterocycles. The fourth-order valence-electron chi connectivity index (χ4n) is 3.70. The van der Waals surface area contributed by atoms with Crippen LogP contribution in [-0.2, 0) is 24.3 Å². The van der Waals surface area contributed by atoms with Gasteiger partial charge in [-0.25, -0.2) is 4.99 Å². The van der Waals surface area contributed by atoms with E-state index in [0.717, 1.165) is 39.0 Å². The molecule has 1 aromatic carbocycles. The van der Waals surface area contributed by atoms with E-state index >= 15 is 0 Å². The topological polar surface area (TPSA) is 60.0 Å². The van der Waals surface area contributed by atoms with Crippen LogP contribution in [0.1, 0.15) is 36.3 Å². The van der Waals surface area contributed by atoms with Gasteiger partial charge in [-0.1, -0.05) is 30.3 Å². The molecule has 1 aliphatic rings. The number of guanidine groups is 1. The Morgan fingerprint density at radius 1 is 1.26 bits per heavy atom. The minimum absolute atomic E-state index is 0.0880. The van der Waals surface area contributed by atoms with Gasteiger partial charge < -0.3 is 15.5 Å². The molecule has 168 valence electrons. The monoisotopic (exact) mass is 441 g/mol. The van der Waals surface area contributed by atoms with Crippen molar-refractivity contribution in [2.24, 2.45) is 4.99 Å². The molecule has 0 spiro atoms. The Balaban J connectivity index is 1.43. The number of nitrogens with zero attached hydrogens (tertiary/aromatic N) is 3. The summed E-state index contributed by atoms with van der Waals surface area (Å²) in [7, 11) is 2.16. The van der Waals surface area contributed by atoms with Gasteiger partial charge in [0.1, 0.15) is 6.54 Å². The predicted molar refractivity (Wildman–Crippen MR) is 129 cm³/mol. The third kappa shape index (κ3) is 7.08. The fraction of sp³-hybridized carbons (Fsp3) is 0.500. The van der Waals surface area contributed by atoms with Crippen molar-refractivity contribution in [2.75, 3.05) is 33.2 Å². The standard InChI is InChI=1S/C24H35N5OS/c1-4-25-24(26-13-10-19(2)28(3)17-20-8-6-5-7-9-20)27-16-23(30)29-14-11-22-21(18-29)12-15-31-22/h5-9,12,15,19H,4,10-11,13-14,16-18H2,1-3H3,(H2,25,26,27). The first-order valence-electron chi connectivity index (χ1n) is 11.2. The zero-order valence-corrected chi connectivity index (χ0v) is 19.8. The van der Waals surface area contributed by atoms with E-state index in [-0.39, 0.29) is 12.5 Å². The average molecular weight is 442 g/mol. The Kier molecular flexibility index (Phi) is 8.91. The third-order valence-corrected chi connectivity index (χ3v) is 6.78. The number of benzene rings is 1. The smallest absolute Gasteiger partial charge is 0.244 e. The number of carbonyl (C=O) groups excluding carboxylic acids is 1. The number of carbonyl (C=O) groups is 1. The quantitative estimate of drug-likeness (QED) is 0.464. The molecule has 1 aliphatic heterocycles. The Bertz CT molecular complexity index is 851. The van der Waals surface area contributed by atoms with Crippen LogP contribution in [-0.4, -0.2) is 60.9 Å². The Morgan fingerprint density at radius 3 is 2.84 bits per heavy atom. The van der Waals surface area contributed by atoms with E-state index in [1.807, 2.05) is 17.9 Å². The molecule has 0 saturated heterocycles. The van der Waals surface area contributed by atoms with Crippen molar-refractivity contribution >= 4 is 23.2 Å². The third-order valence-electron chi connectivity index (χ3n) is 5.76. The van der Waals surface area contributed by atoms with Crippen LogP contribution in [0.5, 0.6) is 0 Å². The summed E-state index contributed by atoms with van der Waals surface area (Å²) in [6.07, 6.45) is 1.95. The van der Waals surface area contributed by atoms with E-state index in [9.17, 15) is 4.79 Å². The first-order chi connectivity index (χ1) is 15.1. The highest BCUT2D eigenvalue weighted by atomic mass is 32.1. The maximum atomic E-state index is 12.6. The molecule has 1 aromatic heterocycles. The Labute approximate surface area is 190 Å². The van der Waals surface area contributed by atoms with Crippen LogP contribution in [0.2, 0.25) is 0 Å². The number of thiophene rings is 1. The van der Waals surface area contributed by atoms with Crippen molar-refractivity contribution in [1.29, 1.82) is 0 Å². The van der Waals surface area contributed by atoms with Gasteiger partial charge in [-0.2, -0.15) is 0 Å². The van der Waals surface area contributed by atoms with Crippen LogP contribution >= 0.6 is 11.3 Å². The van der Waals surface area contributed by atoms with Crippen molar-refractivity contribution in [3.05, 3.63) is 57.8 Å². The first-order valence-corrected chi connectivity index (χ1v) is 12.0. The zero-order chi connectivity index (χ0) is 22.1. The Morgan fingerprint density at radius 2 is 2.06 bits per heavy atom. The molecule has 0 fully saturated rings. The van der Waals surface area contributed by atoms with Gasteiger partial charge in [-0.15, -0.1) is 11.3 Å². The van der Waals surface area contributed by atoms with Gasteiger partial charge in [0.2, 0.25) is 5.91 Å². The van der Waals surface area contributed by atoms with Crippen LogP contribution in [0.3, 0.4) is 0 Å². The average Bonchev–Trinajstić information content (AvgIpc) is 3.25. The van der Waals surface area contributed by atoms with E-state index in [2.05, 4.69) is 70.2 Å². The number of rotatable bonds is 9. The summed E-state index contributed by atoms with van der Waals surface area (Å²) in [5, 5.41) is 8.75. The second-order valence-electron chi connectivity index (χ2n) is 8.09. The van der Waals surface area contributed by atoms with Gasteiger partial charge in [0.15, 0.2) is 5.96 Å². The molecule has 0 saturated carbocycles. The lowest BCUT2D eigenvalue weighted by Crippen LogP contribution is -2.41. The van der Waals surface area contributed by atoms with Crippen molar-refractivity contribution < 1.29 is 4.79 Å². The SMILES string of the molecule is CCNC(=NCC(=O)N1CCc2sccc2C1)NCCC(C)N(C)Cc1ccccc1. The van der Waals surface area contributed by atoms with Gasteiger partial charge in [0.05, 0.1) is 0 Å². The molecule has 2 N–H and O–H groups in total. The maximum absolute atomic E-state index is 12.6.